The van der Waals surface area contributed by atoms with Crippen molar-refractivity contribution in [2.75, 3.05) is 19.6 Å². The molecule has 0 spiro atoms. The van der Waals surface area contributed by atoms with Crippen molar-refractivity contribution in [3.8, 4) is 5.75 Å². The quantitative estimate of drug-likeness (QED) is 0.824. The molecule has 1 aromatic carbocycles. The number of ether oxygens (including phenoxy) is 1. The van der Waals surface area contributed by atoms with Crippen LogP contribution in [0.5, 0.6) is 5.75 Å². The van der Waals surface area contributed by atoms with Crippen molar-refractivity contribution in [1.82, 2.24) is 9.80 Å². The van der Waals surface area contributed by atoms with Crippen molar-refractivity contribution in [3.05, 3.63) is 30.3 Å². The summed E-state index contributed by atoms with van der Waals surface area (Å²) in [5.41, 5.74) is 0. The molecule has 4 nitrogen and oxygen atoms in total. The highest BCUT2D eigenvalue weighted by Gasteiger charge is 2.47. The van der Waals surface area contributed by atoms with Crippen molar-refractivity contribution >= 4 is 5.91 Å². The summed E-state index contributed by atoms with van der Waals surface area (Å²) < 4.78 is 6.30. The first-order valence-corrected chi connectivity index (χ1v) is 9.89. The molecule has 1 saturated carbocycles. The minimum absolute atomic E-state index is 0.278. The zero-order valence-electron chi connectivity index (χ0n) is 15.4. The zero-order chi connectivity index (χ0) is 17.4. The van der Waals surface area contributed by atoms with E-state index in [1.54, 1.807) is 0 Å². The lowest BCUT2D eigenvalue weighted by atomic mass is 9.79. The average Bonchev–Trinajstić information content (AvgIpc) is 3.44. The molecule has 25 heavy (non-hydrogen) atoms. The Morgan fingerprint density at radius 2 is 1.76 bits per heavy atom. The summed E-state index contributed by atoms with van der Waals surface area (Å²) in [5.74, 6) is 2.36. The number of carbonyl (C=O) groups is 1. The molecule has 1 aromatic rings. The summed E-state index contributed by atoms with van der Waals surface area (Å²) in [4.78, 5) is 17.0. The Balaban J connectivity index is 1.38. The maximum absolute atomic E-state index is 12.3. The number of amides is 1. The third-order valence-corrected chi connectivity index (χ3v) is 6.11. The van der Waals surface area contributed by atoms with Gasteiger partial charge in [-0.05, 0) is 57.6 Å². The summed E-state index contributed by atoms with van der Waals surface area (Å²) >= 11 is 0. The highest BCUT2D eigenvalue weighted by atomic mass is 16.5. The number of carbonyl (C=O) groups excluding carboxylic acids is 1. The minimum atomic E-state index is 0.278. The van der Waals surface area contributed by atoms with Gasteiger partial charge in [0.25, 0.3) is 0 Å². The highest BCUT2D eigenvalue weighted by molar-refractivity contribution is 5.81. The van der Waals surface area contributed by atoms with Crippen LogP contribution in [0.25, 0.3) is 0 Å². The predicted octanol–water partition coefficient (Wildman–Crippen LogP) is 3.18. The Morgan fingerprint density at radius 1 is 1.08 bits per heavy atom. The molecule has 2 saturated heterocycles. The van der Waals surface area contributed by atoms with Gasteiger partial charge in [0.15, 0.2) is 0 Å². The van der Waals surface area contributed by atoms with Crippen molar-refractivity contribution in [2.24, 2.45) is 11.8 Å². The van der Waals surface area contributed by atoms with Gasteiger partial charge in [-0.25, -0.2) is 0 Å². The fourth-order valence-corrected chi connectivity index (χ4v) is 4.47. The van der Waals surface area contributed by atoms with Gasteiger partial charge in [0.05, 0.1) is 6.04 Å². The van der Waals surface area contributed by atoms with Crippen molar-refractivity contribution in [2.45, 2.75) is 57.7 Å². The first-order chi connectivity index (χ1) is 12.1. The number of likely N-dealkylation sites (tertiary alicyclic amines) is 2. The topological polar surface area (TPSA) is 32.8 Å². The minimum Gasteiger partial charge on any atom is -0.487 e. The smallest absolute Gasteiger partial charge is 0.225 e. The molecule has 136 valence electrons. The van der Waals surface area contributed by atoms with Gasteiger partial charge in [-0.1, -0.05) is 18.2 Å². The summed E-state index contributed by atoms with van der Waals surface area (Å²) in [5, 5.41) is 0. The van der Waals surface area contributed by atoms with Crippen LogP contribution in [0, 0.1) is 11.8 Å². The molecule has 0 radical (unpaired) electrons. The molecule has 3 aliphatic rings. The molecule has 4 heteroatoms. The molecule has 1 amide bonds. The largest absolute Gasteiger partial charge is 0.487 e. The van der Waals surface area contributed by atoms with Gasteiger partial charge in [0.2, 0.25) is 5.91 Å². The van der Waals surface area contributed by atoms with Crippen molar-refractivity contribution in [3.63, 3.8) is 0 Å². The van der Waals surface area contributed by atoms with Gasteiger partial charge in [0, 0.05) is 31.6 Å². The maximum Gasteiger partial charge on any atom is 0.225 e. The first kappa shape index (κ1) is 16.9. The van der Waals surface area contributed by atoms with Gasteiger partial charge in [-0.3, -0.25) is 9.69 Å². The van der Waals surface area contributed by atoms with E-state index in [0.29, 0.717) is 29.8 Å². The van der Waals surface area contributed by atoms with E-state index in [0.717, 1.165) is 51.1 Å². The standard InChI is InChI=1S/C21H30N2O2/c1-15(2)23-14-19(25-18-6-4-3-5-7-18)20(23)16-10-12-22(13-11-16)21(24)17-8-9-17/h3-7,15-17,19-20H,8-14H2,1-2H3/t19-,20-/m0/s1. The number of para-hydroxylation sites is 1. The number of hydrogen-bond acceptors (Lipinski definition) is 3. The Labute approximate surface area is 151 Å². The van der Waals surface area contributed by atoms with Crippen LogP contribution >= 0.6 is 0 Å². The number of rotatable bonds is 5. The van der Waals surface area contributed by atoms with E-state index < -0.39 is 0 Å². The molecule has 2 atom stereocenters. The van der Waals surface area contributed by atoms with E-state index in [2.05, 4.69) is 23.6 Å². The molecule has 2 aliphatic heterocycles. The molecule has 0 unspecified atom stereocenters. The average molecular weight is 342 g/mol. The van der Waals surface area contributed by atoms with E-state index in [1.807, 2.05) is 30.3 Å². The number of nitrogens with zero attached hydrogens (tertiary/aromatic N) is 2. The predicted molar refractivity (Wildman–Crippen MR) is 98.5 cm³/mol. The molecule has 2 heterocycles. The number of hydrogen-bond donors (Lipinski definition) is 0. The molecule has 0 bridgehead atoms. The van der Waals surface area contributed by atoms with Crippen LogP contribution in [0.3, 0.4) is 0 Å². The molecular weight excluding hydrogens is 312 g/mol. The lowest BCUT2D eigenvalue weighted by Crippen LogP contribution is -2.68. The van der Waals surface area contributed by atoms with Gasteiger partial charge < -0.3 is 9.64 Å². The molecule has 3 fully saturated rings. The fraction of sp³-hybridized carbons (Fsp3) is 0.667. The van der Waals surface area contributed by atoms with Gasteiger partial charge in [-0.2, -0.15) is 0 Å². The molecule has 0 aromatic heterocycles. The zero-order valence-corrected chi connectivity index (χ0v) is 15.4. The highest BCUT2D eigenvalue weighted by Crippen LogP contribution is 2.37. The summed E-state index contributed by atoms with van der Waals surface area (Å²) in [6.07, 6.45) is 4.72. The van der Waals surface area contributed by atoms with Gasteiger partial charge in [-0.15, -0.1) is 0 Å². The van der Waals surface area contributed by atoms with Crippen LogP contribution in [-0.2, 0) is 4.79 Å². The Morgan fingerprint density at radius 3 is 2.36 bits per heavy atom. The van der Waals surface area contributed by atoms with Gasteiger partial charge in [0.1, 0.15) is 11.9 Å². The Bertz CT molecular complexity index is 591. The molecule has 0 N–H and O–H groups in total. The third kappa shape index (κ3) is 3.55. The Hall–Kier alpha value is -1.55. The molecule has 1 aliphatic carbocycles. The number of piperidine rings is 1. The number of benzene rings is 1. The second kappa shape index (κ2) is 6.99. The SMILES string of the molecule is CC(C)N1C[C@H](Oc2ccccc2)[C@@H]1C1CCN(C(=O)C2CC2)CC1. The fourth-order valence-electron chi connectivity index (χ4n) is 4.47. The molecule has 4 rings (SSSR count). The van der Waals surface area contributed by atoms with E-state index in [9.17, 15) is 4.79 Å². The molecular formula is C21H30N2O2. The normalized spacial score (nSPS) is 28.0. The van der Waals surface area contributed by atoms with Crippen LogP contribution in [0.2, 0.25) is 0 Å². The monoisotopic (exact) mass is 342 g/mol. The van der Waals surface area contributed by atoms with Crippen LogP contribution in [-0.4, -0.2) is 53.5 Å². The summed E-state index contributed by atoms with van der Waals surface area (Å²) in [6, 6.07) is 11.2. The lowest BCUT2D eigenvalue weighted by Gasteiger charge is -2.54. The van der Waals surface area contributed by atoms with E-state index in [1.165, 1.54) is 0 Å². The van der Waals surface area contributed by atoms with Crippen LogP contribution < -0.4 is 4.74 Å². The summed E-state index contributed by atoms with van der Waals surface area (Å²) in [7, 11) is 0. The van der Waals surface area contributed by atoms with Crippen LogP contribution in [0.1, 0.15) is 39.5 Å². The van der Waals surface area contributed by atoms with Gasteiger partial charge >= 0.3 is 0 Å². The van der Waals surface area contributed by atoms with Crippen LogP contribution in [0.4, 0.5) is 0 Å². The first-order valence-electron chi connectivity index (χ1n) is 9.89. The maximum atomic E-state index is 12.3. The van der Waals surface area contributed by atoms with Crippen LogP contribution in [0.15, 0.2) is 30.3 Å². The van der Waals surface area contributed by atoms with E-state index in [4.69, 9.17) is 4.74 Å². The second-order valence-electron chi connectivity index (χ2n) is 8.19. The lowest BCUT2D eigenvalue weighted by molar-refractivity contribution is -0.136. The third-order valence-electron chi connectivity index (χ3n) is 6.11. The van der Waals surface area contributed by atoms with E-state index in [-0.39, 0.29) is 6.10 Å². The van der Waals surface area contributed by atoms with Crippen molar-refractivity contribution < 1.29 is 9.53 Å². The second-order valence-corrected chi connectivity index (χ2v) is 8.19. The summed E-state index contributed by atoms with van der Waals surface area (Å²) in [6.45, 7) is 7.43. The van der Waals surface area contributed by atoms with Crippen molar-refractivity contribution in [1.29, 1.82) is 0 Å². The van der Waals surface area contributed by atoms with E-state index >= 15 is 0 Å². The Kier molecular flexibility index (Phi) is 4.72.